The molecule has 0 spiro atoms. The van der Waals surface area contributed by atoms with E-state index in [-0.39, 0.29) is 24.7 Å². The zero-order valence-electron chi connectivity index (χ0n) is 14.7. The fraction of sp³-hybridized carbons (Fsp3) is 0.409. The number of carbonyl (C=O) groups excluding carboxylic acids is 1. The van der Waals surface area contributed by atoms with Gasteiger partial charge >= 0.3 is 0 Å². The van der Waals surface area contributed by atoms with E-state index < -0.39 is 11.6 Å². The lowest BCUT2D eigenvalue weighted by atomic mass is 9.95. The van der Waals surface area contributed by atoms with E-state index in [1.54, 1.807) is 12.1 Å². The molecule has 136 valence electrons. The Bertz CT molecular complexity index is 897. The number of likely N-dealkylation sites (tertiary alicyclic amines) is 1. The van der Waals surface area contributed by atoms with Gasteiger partial charge in [0.25, 0.3) is 0 Å². The third kappa shape index (κ3) is 2.38. The number of halogens is 2. The van der Waals surface area contributed by atoms with E-state index in [1.165, 1.54) is 24.6 Å². The molecule has 4 heteroatoms. The molecule has 4 unspecified atom stereocenters. The molecule has 2 nitrogen and oxygen atoms in total. The van der Waals surface area contributed by atoms with E-state index in [0.29, 0.717) is 16.9 Å². The second-order valence-electron chi connectivity index (χ2n) is 8.41. The first kappa shape index (κ1) is 16.0. The van der Waals surface area contributed by atoms with Crippen LogP contribution in [0.15, 0.2) is 42.5 Å². The fourth-order valence-corrected chi connectivity index (χ4v) is 4.77. The summed E-state index contributed by atoms with van der Waals surface area (Å²) < 4.78 is 28.6. The lowest BCUT2D eigenvalue weighted by Gasteiger charge is -2.20. The van der Waals surface area contributed by atoms with Gasteiger partial charge in [0.15, 0.2) is 0 Å². The van der Waals surface area contributed by atoms with Gasteiger partial charge in [-0.2, -0.15) is 0 Å². The summed E-state index contributed by atoms with van der Waals surface area (Å²) in [4.78, 5) is 14.9. The molecule has 26 heavy (non-hydrogen) atoms. The summed E-state index contributed by atoms with van der Waals surface area (Å²) in [5.74, 6) is -0.229. The van der Waals surface area contributed by atoms with E-state index in [4.69, 9.17) is 0 Å². The summed E-state index contributed by atoms with van der Waals surface area (Å²) >= 11 is 0. The summed E-state index contributed by atoms with van der Waals surface area (Å²) in [6, 6.07) is 11.3. The van der Waals surface area contributed by atoms with Crippen molar-refractivity contribution in [3.8, 4) is 11.1 Å². The Morgan fingerprint density at radius 3 is 2.58 bits per heavy atom. The van der Waals surface area contributed by atoms with Crippen LogP contribution in [0.1, 0.15) is 32.7 Å². The van der Waals surface area contributed by atoms with Gasteiger partial charge in [-0.3, -0.25) is 4.79 Å². The summed E-state index contributed by atoms with van der Waals surface area (Å²) in [7, 11) is 0. The molecule has 3 fully saturated rings. The summed E-state index contributed by atoms with van der Waals surface area (Å²) in [6.07, 6.45) is 2.00. The molecule has 0 N–H and O–H groups in total. The van der Waals surface area contributed by atoms with Crippen molar-refractivity contribution in [1.29, 1.82) is 0 Å². The fourth-order valence-electron chi connectivity index (χ4n) is 4.77. The summed E-state index contributed by atoms with van der Waals surface area (Å²) in [6.45, 7) is 4.00. The number of fused-ring (bicyclic) bond motifs is 1. The molecule has 1 saturated heterocycles. The minimum absolute atomic E-state index is 0. The molecule has 1 aliphatic heterocycles. The van der Waals surface area contributed by atoms with E-state index in [2.05, 4.69) is 6.92 Å². The smallest absolute Gasteiger partial charge is 0.226 e. The van der Waals surface area contributed by atoms with Gasteiger partial charge in [-0.1, -0.05) is 37.3 Å². The van der Waals surface area contributed by atoms with Crippen LogP contribution in [0.2, 0.25) is 0 Å². The van der Waals surface area contributed by atoms with Crippen LogP contribution < -0.4 is 0 Å². The maximum Gasteiger partial charge on any atom is 0.226 e. The van der Waals surface area contributed by atoms with Gasteiger partial charge in [0.2, 0.25) is 5.91 Å². The van der Waals surface area contributed by atoms with Crippen LogP contribution in [0.5, 0.6) is 0 Å². The van der Waals surface area contributed by atoms with Gasteiger partial charge < -0.3 is 4.90 Å². The van der Waals surface area contributed by atoms with Crippen molar-refractivity contribution in [2.75, 3.05) is 13.1 Å². The van der Waals surface area contributed by atoms with Crippen molar-refractivity contribution in [3.05, 3.63) is 59.7 Å². The Labute approximate surface area is 153 Å². The van der Waals surface area contributed by atoms with Crippen LogP contribution in [-0.2, 0) is 4.79 Å². The van der Waals surface area contributed by atoms with Gasteiger partial charge in [-0.25, -0.2) is 8.78 Å². The lowest BCUT2D eigenvalue weighted by Crippen LogP contribution is -2.33. The molecule has 0 aromatic heterocycles. The number of rotatable bonds is 3. The highest BCUT2D eigenvalue weighted by Crippen LogP contribution is 2.59. The van der Waals surface area contributed by atoms with Crippen molar-refractivity contribution >= 4 is 5.91 Å². The molecule has 1 amide bonds. The van der Waals surface area contributed by atoms with Crippen molar-refractivity contribution < 1.29 is 15.0 Å². The number of benzene rings is 2. The van der Waals surface area contributed by atoms with Crippen LogP contribution in [0.25, 0.3) is 11.1 Å². The average Bonchev–Trinajstić information content (AvgIpc) is 3.50. The zero-order chi connectivity index (χ0) is 18.1. The molecular weight excluding hydrogens is 332 g/mol. The van der Waals surface area contributed by atoms with Crippen LogP contribution in [-0.4, -0.2) is 23.9 Å². The first-order chi connectivity index (χ1) is 12.5. The van der Waals surface area contributed by atoms with Gasteiger partial charge in [0.1, 0.15) is 11.6 Å². The second kappa shape index (κ2) is 5.38. The molecule has 4 atom stereocenters. The van der Waals surface area contributed by atoms with Crippen molar-refractivity contribution in [3.63, 3.8) is 0 Å². The number of hydrogen-bond acceptors (Lipinski definition) is 1. The highest BCUT2D eigenvalue weighted by atomic mass is 19.1. The van der Waals surface area contributed by atoms with E-state index in [9.17, 15) is 13.6 Å². The lowest BCUT2D eigenvalue weighted by molar-refractivity contribution is -0.132. The molecule has 2 aromatic rings. The summed E-state index contributed by atoms with van der Waals surface area (Å²) in [5.41, 5.74) is 1.80. The normalized spacial score (nSPS) is 31.7. The molecule has 1 heterocycles. The standard InChI is InChI=1S/C22H21F2NO.H2/c1-22-10-13(22)11-25(12-22)21(26)17-9-16(17)14-5-2-3-6-15(14)20-18(23)7-4-8-19(20)24;/h2-8,13,16-17H,9-12H2,1H3;1H. The minimum atomic E-state index is -0.562. The molecule has 2 aromatic carbocycles. The van der Waals surface area contributed by atoms with Gasteiger partial charge in [-0.05, 0) is 53.4 Å². The van der Waals surface area contributed by atoms with Crippen molar-refractivity contribution in [2.45, 2.75) is 25.7 Å². The molecule has 3 aliphatic rings. The Morgan fingerprint density at radius 2 is 1.88 bits per heavy atom. The predicted octanol–water partition coefficient (Wildman–Crippen LogP) is 4.85. The van der Waals surface area contributed by atoms with Crippen LogP contribution in [0.4, 0.5) is 8.78 Å². The van der Waals surface area contributed by atoms with Crippen LogP contribution >= 0.6 is 0 Å². The average molecular weight is 355 g/mol. The number of amides is 1. The van der Waals surface area contributed by atoms with E-state index in [1.807, 2.05) is 17.0 Å². The Hall–Kier alpha value is -2.23. The molecule has 2 aliphatic carbocycles. The van der Waals surface area contributed by atoms with Crippen molar-refractivity contribution in [1.82, 2.24) is 4.90 Å². The largest absolute Gasteiger partial charge is 0.342 e. The van der Waals surface area contributed by atoms with Gasteiger partial charge in [0.05, 0.1) is 5.56 Å². The zero-order valence-corrected chi connectivity index (χ0v) is 14.7. The highest BCUT2D eigenvalue weighted by molar-refractivity contribution is 5.85. The molecule has 5 rings (SSSR count). The van der Waals surface area contributed by atoms with E-state index >= 15 is 0 Å². The van der Waals surface area contributed by atoms with E-state index in [0.717, 1.165) is 25.1 Å². The first-order valence-corrected chi connectivity index (χ1v) is 9.30. The predicted molar refractivity (Wildman–Crippen MR) is 97.6 cm³/mol. The Kier molecular flexibility index (Phi) is 3.31. The van der Waals surface area contributed by atoms with Gasteiger partial charge in [0, 0.05) is 20.4 Å². The Morgan fingerprint density at radius 1 is 1.15 bits per heavy atom. The third-order valence-electron chi connectivity index (χ3n) is 6.54. The van der Waals surface area contributed by atoms with Crippen molar-refractivity contribution in [2.24, 2.45) is 17.3 Å². The van der Waals surface area contributed by atoms with Crippen LogP contribution in [0.3, 0.4) is 0 Å². The number of nitrogens with zero attached hydrogens (tertiary/aromatic N) is 1. The molecule has 2 saturated carbocycles. The summed E-state index contributed by atoms with van der Waals surface area (Å²) in [5, 5.41) is 0. The topological polar surface area (TPSA) is 20.3 Å². The number of carbonyl (C=O) groups is 1. The molecule has 0 radical (unpaired) electrons. The number of piperidine rings is 1. The third-order valence-corrected chi connectivity index (χ3v) is 6.54. The molecule has 0 bridgehead atoms. The SMILES string of the molecule is CC12CC1CN(C(=O)C1CC1c1ccccc1-c1c(F)cccc1F)C2.[HH]. The maximum atomic E-state index is 14.3. The quantitative estimate of drug-likeness (QED) is 0.771. The van der Waals surface area contributed by atoms with Gasteiger partial charge in [-0.15, -0.1) is 0 Å². The highest BCUT2D eigenvalue weighted by Gasteiger charge is 2.59. The molecular formula is C22H23F2NO. The monoisotopic (exact) mass is 355 g/mol. The minimum Gasteiger partial charge on any atom is -0.342 e. The second-order valence-corrected chi connectivity index (χ2v) is 8.41. The maximum absolute atomic E-state index is 14.3. The van der Waals surface area contributed by atoms with Crippen LogP contribution in [0, 0.1) is 28.9 Å². The Balaban J connectivity index is 0.00000180. The first-order valence-electron chi connectivity index (χ1n) is 9.30. The number of hydrogen-bond donors (Lipinski definition) is 0.